The molecule has 2 N–H and O–H groups in total. The van der Waals surface area contributed by atoms with Crippen LogP contribution in [0.1, 0.15) is 12.8 Å². The molecular weight excluding hydrogens is 388 g/mol. The lowest BCUT2D eigenvalue weighted by Gasteiger charge is -2.31. The molecule has 2 aromatic rings. The molecule has 1 fully saturated rings. The van der Waals surface area contributed by atoms with E-state index >= 15 is 0 Å². The maximum Gasteiger partial charge on any atom is 0.323 e. The number of nitrogens with zero attached hydrogens (tertiary/aromatic N) is 1. The van der Waals surface area contributed by atoms with E-state index in [1.807, 2.05) is 0 Å². The van der Waals surface area contributed by atoms with Gasteiger partial charge in [-0.1, -0.05) is 11.6 Å². The van der Waals surface area contributed by atoms with Crippen molar-refractivity contribution in [2.24, 2.45) is 0 Å². The van der Waals surface area contributed by atoms with Crippen LogP contribution in [0.25, 0.3) is 10.1 Å². The van der Waals surface area contributed by atoms with Gasteiger partial charge >= 0.3 is 5.97 Å². The molecule has 1 atom stereocenters. The molecule has 1 amide bonds. The van der Waals surface area contributed by atoms with Crippen LogP contribution in [0.15, 0.2) is 28.5 Å². The van der Waals surface area contributed by atoms with Crippen LogP contribution in [0, 0.1) is 0 Å². The first-order valence-corrected chi connectivity index (χ1v) is 10.2. The molecule has 134 valence electrons. The highest BCUT2D eigenvalue weighted by molar-refractivity contribution is 7.91. The largest absolute Gasteiger partial charge is 0.480 e. The summed E-state index contributed by atoms with van der Waals surface area (Å²) in [6, 6.07) is 5.65. The number of piperidine rings is 1. The van der Waals surface area contributed by atoms with Crippen molar-refractivity contribution in [3.8, 4) is 0 Å². The first-order valence-electron chi connectivity index (χ1n) is 7.48. The van der Waals surface area contributed by atoms with Gasteiger partial charge in [0.1, 0.15) is 16.8 Å². The molecule has 10 heteroatoms. The second kappa shape index (κ2) is 6.91. The highest BCUT2D eigenvalue weighted by atomic mass is 35.5. The number of thiophene rings is 1. The van der Waals surface area contributed by atoms with Gasteiger partial charge in [-0.2, -0.15) is 4.72 Å². The molecule has 1 saturated heterocycles. The third-order valence-corrected chi connectivity index (χ3v) is 7.17. The normalized spacial score (nSPS) is 18.7. The number of aliphatic carboxylic acids is 1. The average molecular weight is 403 g/mol. The van der Waals surface area contributed by atoms with Crippen LogP contribution in [-0.2, 0) is 19.6 Å². The number of fused-ring (bicyclic) bond motifs is 1. The Labute approximate surface area is 153 Å². The number of benzene rings is 1. The number of carboxylic acid groups (broad SMARTS) is 1. The van der Waals surface area contributed by atoms with Crippen LogP contribution in [-0.4, -0.2) is 49.4 Å². The van der Waals surface area contributed by atoms with E-state index in [1.54, 1.807) is 18.2 Å². The summed E-state index contributed by atoms with van der Waals surface area (Å²) in [5.74, 6) is -1.64. The summed E-state index contributed by atoms with van der Waals surface area (Å²) in [7, 11) is -3.89. The number of amides is 1. The Morgan fingerprint density at radius 3 is 2.88 bits per heavy atom. The van der Waals surface area contributed by atoms with Gasteiger partial charge in [0.05, 0.1) is 0 Å². The van der Waals surface area contributed by atoms with Crippen molar-refractivity contribution >= 4 is 54.9 Å². The van der Waals surface area contributed by atoms with E-state index in [4.69, 9.17) is 16.7 Å². The minimum Gasteiger partial charge on any atom is -0.480 e. The number of hydrogen-bond acceptors (Lipinski definition) is 5. The van der Waals surface area contributed by atoms with Crippen LogP contribution >= 0.6 is 22.9 Å². The Bertz CT molecular complexity index is 941. The number of carbonyl (C=O) groups is 2. The molecule has 2 heterocycles. The summed E-state index contributed by atoms with van der Waals surface area (Å²) >= 11 is 7.00. The summed E-state index contributed by atoms with van der Waals surface area (Å²) in [6.45, 7) is -0.122. The molecule has 1 aliphatic rings. The minimum atomic E-state index is -3.89. The van der Waals surface area contributed by atoms with E-state index in [2.05, 4.69) is 4.72 Å². The van der Waals surface area contributed by atoms with Gasteiger partial charge in [0.15, 0.2) is 0 Å². The van der Waals surface area contributed by atoms with E-state index in [1.165, 1.54) is 6.07 Å². The van der Waals surface area contributed by atoms with Gasteiger partial charge in [-0.3, -0.25) is 9.59 Å². The highest BCUT2D eigenvalue weighted by Gasteiger charge is 2.33. The fourth-order valence-electron chi connectivity index (χ4n) is 2.74. The van der Waals surface area contributed by atoms with Crippen molar-refractivity contribution in [1.82, 2.24) is 9.62 Å². The molecule has 1 aromatic carbocycles. The van der Waals surface area contributed by atoms with Crippen molar-refractivity contribution in [3.63, 3.8) is 0 Å². The number of carboxylic acids is 1. The SMILES string of the molecule is O=C(O)CN1CCC[C@H](NS(=O)(=O)c2cc3cc(Cl)ccc3s2)C1=O. The zero-order valence-corrected chi connectivity index (χ0v) is 15.3. The van der Waals surface area contributed by atoms with Crippen LogP contribution in [0.2, 0.25) is 5.02 Å². The zero-order valence-electron chi connectivity index (χ0n) is 12.9. The third-order valence-electron chi connectivity index (χ3n) is 3.87. The van der Waals surface area contributed by atoms with Gasteiger partial charge in [-0.05, 0) is 42.5 Å². The van der Waals surface area contributed by atoms with Crippen LogP contribution in [0.5, 0.6) is 0 Å². The zero-order chi connectivity index (χ0) is 18.2. The van der Waals surface area contributed by atoms with E-state index in [-0.39, 0.29) is 4.21 Å². The predicted molar refractivity (Wildman–Crippen MR) is 94.4 cm³/mol. The molecule has 1 aliphatic heterocycles. The molecule has 0 saturated carbocycles. The predicted octanol–water partition coefficient (Wildman–Crippen LogP) is 1.91. The number of hydrogen-bond donors (Lipinski definition) is 2. The summed E-state index contributed by atoms with van der Waals surface area (Å²) in [5, 5.41) is 10.1. The van der Waals surface area contributed by atoms with Gasteiger partial charge in [0, 0.05) is 16.3 Å². The number of nitrogens with one attached hydrogen (secondary N) is 1. The second-order valence-corrected chi connectivity index (χ2v) is 9.18. The second-order valence-electron chi connectivity index (χ2n) is 5.72. The first-order chi connectivity index (χ1) is 11.8. The molecular formula is C15H15ClN2O5S2. The van der Waals surface area contributed by atoms with Crippen molar-refractivity contribution in [3.05, 3.63) is 29.3 Å². The maximum atomic E-state index is 12.6. The molecule has 0 spiro atoms. The molecule has 0 aliphatic carbocycles. The maximum absolute atomic E-state index is 12.6. The molecule has 1 aromatic heterocycles. The van der Waals surface area contributed by atoms with Crippen LogP contribution < -0.4 is 4.72 Å². The Morgan fingerprint density at radius 1 is 1.40 bits per heavy atom. The van der Waals surface area contributed by atoms with Crippen molar-refractivity contribution in [1.29, 1.82) is 0 Å². The fraction of sp³-hybridized carbons (Fsp3) is 0.333. The Kier molecular flexibility index (Phi) is 5.01. The van der Waals surface area contributed by atoms with Gasteiger partial charge in [0.2, 0.25) is 5.91 Å². The van der Waals surface area contributed by atoms with Gasteiger partial charge in [-0.15, -0.1) is 11.3 Å². The van der Waals surface area contributed by atoms with Gasteiger partial charge < -0.3 is 10.0 Å². The average Bonchev–Trinajstić information content (AvgIpc) is 2.94. The lowest BCUT2D eigenvalue weighted by Crippen LogP contribution is -2.53. The smallest absolute Gasteiger partial charge is 0.323 e. The monoisotopic (exact) mass is 402 g/mol. The van der Waals surface area contributed by atoms with Crippen molar-refractivity contribution < 1.29 is 23.1 Å². The Balaban J connectivity index is 1.82. The lowest BCUT2D eigenvalue weighted by atomic mass is 10.1. The number of sulfonamides is 1. The quantitative estimate of drug-likeness (QED) is 0.795. The van der Waals surface area contributed by atoms with E-state index < -0.39 is 34.5 Å². The van der Waals surface area contributed by atoms with E-state index in [9.17, 15) is 18.0 Å². The molecule has 0 radical (unpaired) electrons. The summed E-state index contributed by atoms with van der Waals surface area (Å²) < 4.78 is 28.5. The summed E-state index contributed by atoms with van der Waals surface area (Å²) in [4.78, 5) is 24.3. The molecule has 0 bridgehead atoms. The number of rotatable bonds is 5. The van der Waals surface area contributed by atoms with Gasteiger partial charge in [-0.25, -0.2) is 8.42 Å². The van der Waals surface area contributed by atoms with E-state index in [0.717, 1.165) is 20.9 Å². The minimum absolute atomic E-state index is 0.0907. The van der Waals surface area contributed by atoms with Gasteiger partial charge in [0.25, 0.3) is 10.0 Å². The first kappa shape index (κ1) is 18.1. The summed E-state index contributed by atoms with van der Waals surface area (Å²) in [5.41, 5.74) is 0. The fourth-order valence-corrected chi connectivity index (χ4v) is 5.54. The highest BCUT2D eigenvalue weighted by Crippen LogP contribution is 2.31. The number of carbonyl (C=O) groups excluding carboxylic acids is 1. The molecule has 7 nitrogen and oxygen atoms in total. The van der Waals surface area contributed by atoms with Crippen molar-refractivity contribution in [2.45, 2.75) is 23.1 Å². The molecule has 3 rings (SSSR count). The van der Waals surface area contributed by atoms with Crippen molar-refractivity contribution in [2.75, 3.05) is 13.1 Å². The number of likely N-dealkylation sites (tertiary alicyclic amines) is 1. The van der Waals surface area contributed by atoms with E-state index in [0.29, 0.717) is 29.8 Å². The number of halogens is 1. The lowest BCUT2D eigenvalue weighted by molar-refractivity contribution is -0.146. The van der Waals surface area contributed by atoms with Crippen LogP contribution in [0.4, 0.5) is 0 Å². The Morgan fingerprint density at radius 2 is 2.16 bits per heavy atom. The topological polar surface area (TPSA) is 104 Å². The molecule has 0 unspecified atom stereocenters. The third kappa shape index (κ3) is 3.95. The standard InChI is InChI=1S/C15H15ClN2O5S2/c16-10-3-4-12-9(6-10)7-14(24-12)25(22,23)17-11-2-1-5-18(15(11)21)8-13(19)20/h3-4,6-7,11,17H,1-2,5,8H2,(H,19,20)/t11-/m0/s1. The van der Waals surface area contributed by atoms with Crippen LogP contribution in [0.3, 0.4) is 0 Å². The Hall–Kier alpha value is -1.68. The molecule has 25 heavy (non-hydrogen) atoms. The summed E-state index contributed by atoms with van der Waals surface area (Å²) in [6.07, 6.45) is 0.874.